The second-order valence-corrected chi connectivity index (χ2v) is 37.7. The number of tetrazole rings is 3. The predicted molar refractivity (Wildman–Crippen MR) is 580 cm³/mol. The van der Waals surface area contributed by atoms with Crippen molar-refractivity contribution in [2.75, 3.05) is 81.9 Å². The van der Waals surface area contributed by atoms with Gasteiger partial charge >= 0.3 is 0 Å². The van der Waals surface area contributed by atoms with Crippen LogP contribution in [0.25, 0.3) is 67.5 Å². The topological polar surface area (TPSA) is 333 Å². The molecule has 19 rings (SSSR count). The third kappa shape index (κ3) is 26.7. The van der Waals surface area contributed by atoms with Crippen molar-refractivity contribution in [1.29, 1.82) is 0 Å². The van der Waals surface area contributed by atoms with E-state index in [4.69, 9.17) is 59.0 Å². The number of aromatic nitrogens is 12. The Kier molecular flexibility index (Phi) is 37.4. The first-order valence-corrected chi connectivity index (χ1v) is 50.3. The number of amides is 2. The van der Waals surface area contributed by atoms with Gasteiger partial charge in [0.15, 0.2) is 17.5 Å². The van der Waals surface area contributed by atoms with Crippen LogP contribution in [0, 0.1) is 0 Å². The fourth-order valence-corrected chi connectivity index (χ4v) is 18.4. The lowest BCUT2D eigenvalue weighted by atomic mass is 9.94. The van der Waals surface area contributed by atoms with Gasteiger partial charge in [0.25, 0.3) is 17.1 Å². The van der Waals surface area contributed by atoms with Gasteiger partial charge in [-0.25, -0.2) is 14.0 Å². The van der Waals surface area contributed by atoms with Crippen LogP contribution in [0.5, 0.6) is 69.0 Å². The molecule has 0 unspecified atom stereocenters. The summed E-state index contributed by atoms with van der Waals surface area (Å²) in [6.07, 6.45) is 4.58. The van der Waals surface area contributed by atoms with Crippen LogP contribution in [0.1, 0.15) is 186 Å². The lowest BCUT2D eigenvalue weighted by Gasteiger charge is -2.32. The van der Waals surface area contributed by atoms with Crippen molar-refractivity contribution in [1.82, 2.24) is 75.7 Å². The van der Waals surface area contributed by atoms with Crippen molar-refractivity contribution in [3.05, 3.63) is 341 Å². The van der Waals surface area contributed by atoms with Crippen molar-refractivity contribution < 1.29 is 72.0 Å². The van der Waals surface area contributed by atoms with E-state index in [0.717, 1.165) is 98.6 Å². The van der Waals surface area contributed by atoms with Crippen LogP contribution in [0.3, 0.4) is 0 Å². The Bertz CT molecular complexity index is 7150. The molecule has 2 amide bonds. The molecule has 13 aromatic carbocycles. The molecule has 776 valence electrons. The van der Waals surface area contributed by atoms with Crippen molar-refractivity contribution in [2.45, 2.75) is 142 Å². The zero-order valence-electron chi connectivity index (χ0n) is 86.2. The van der Waals surface area contributed by atoms with E-state index in [9.17, 15) is 24.6 Å². The number of hydrogen-bond acceptors (Lipinski definition) is 25. The number of likely N-dealkylation sites (tertiary alicyclic amines) is 2. The Hall–Kier alpha value is -16.2. The summed E-state index contributed by atoms with van der Waals surface area (Å²) in [5, 5.41) is 63.5. The highest BCUT2D eigenvalue weighted by Gasteiger charge is 2.34. The third-order valence-electron chi connectivity index (χ3n) is 26.8. The lowest BCUT2D eigenvalue weighted by Crippen LogP contribution is -2.39. The number of methoxy groups -OCH3 is 6. The molecule has 0 radical (unpaired) electrons. The number of phenols is 2. The van der Waals surface area contributed by atoms with Crippen molar-refractivity contribution in [3.63, 3.8) is 0 Å². The molecule has 3 aliphatic rings. The Morgan fingerprint density at radius 3 is 0.907 bits per heavy atom. The highest BCUT2D eigenvalue weighted by atomic mass is 35.5. The zero-order chi connectivity index (χ0) is 104. The molecule has 3 fully saturated rings. The molecule has 6 heterocycles. The number of aromatic hydroxyl groups is 2. The summed E-state index contributed by atoms with van der Waals surface area (Å²) in [6, 6.07) is 91.1. The number of halogens is 2. The highest BCUT2D eigenvalue weighted by molar-refractivity contribution is 6.67. The molecular formula is C118H125Cl2N15O15. The van der Waals surface area contributed by atoms with Crippen LogP contribution in [0.4, 0.5) is 0 Å². The fourth-order valence-electron chi connectivity index (χ4n) is 18.3. The number of nitrogens with zero attached hydrogens (tertiary/aromatic N) is 14. The Morgan fingerprint density at radius 1 is 0.320 bits per heavy atom. The van der Waals surface area contributed by atoms with Gasteiger partial charge in [0.1, 0.15) is 95.4 Å². The quantitative estimate of drug-likeness (QED) is 0.0322. The first kappa shape index (κ1) is 108. The van der Waals surface area contributed by atoms with Crippen LogP contribution in [-0.2, 0) is 26.4 Å². The van der Waals surface area contributed by atoms with Gasteiger partial charge in [0, 0.05) is 94.4 Å². The van der Waals surface area contributed by atoms with Crippen molar-refractivity contribution in [2.24, 2.45) is 0 Å². The molecule has 150 heavy (non-hydrogen) atoms. The van der Waals surface area contributed by atoms with E-state index in [0.29, 0.717) is 187 Å². The van der Waals surface area contributed by atoms with E-state index >= 15 is 0 Å². The van der Waals surface area contributed by atoms with Gasteiger partial charge in [-0.15, -0.1) is 27.7 Å². The normalized spacial score (nSPS) is 13.1. The van der Waals surface area contributed by atoms with E-state index in [1.54, 1.807) is 114 Å². The average Bonchev–Trinajstić information content (AvgIpc) is 1.45. The van der Waals surface area contributed by atoms with Gasteiger partial charge in [-0.1, -0.05) is 181 Å². The maximum absolute atomic E-state index is 13.4. The smallest absolute Gasteiger partial charge is 0.253 e. The monoisotopic (exact) mass is 2060 g/mol. The van der Waals surface area contributed by atoms with E-state index < -0.39 is 5.24 Å². The number of hydrogen-bond donors (Lipinski definition) is 3. The Labute approximate surface area is 884 Å². The Morgan fingerprint density at radius 2 is 0.600 bits per heavy atom. The first-order valence-electron chi connectivity index (χ1n) is 50.0. The molecule has 0 spiro atoms. The number of piperidine rings is 3. The van der Waals surface area contributed by atoms with E-state index in [2.05, 4.69) is 154 Å². The molecule has 0 atom stereocenters. The van der Waals surface area contributed by atoms with Crippen LogP contribution < -0.4 is 52.7 Å². The molecule has 32 heteroatoms. The summed E-state index contributed by atoms with van der Waals surface area (Å²) in [5.41, 5.74) is 16.1. The summed E-state index contributed by atoms with van der Waals surface area (Å²) >= 11 is 5.22. The molecule has 3 saturated heterocycles. The molecule has 30 nitrogen and oxygen atoms in total. The average molecular weight is 2060 g/mol. The van der Waals surface area contributed by atoms with Crippen LogP contribution in [0.2, 0.25) is 0 Å². The summed E-state index contributed by atoms with van der Waals surface area (Å²) in [6.45, 7) is 18.5. The number of benzene rings is 13. The molecule has 3 aromatic heterocycles. The fraction of sp³-hybridized carbons (Fsp3) is 0.288. The van der Waals surface area contributed by atoms with Gasteiger partial charge in [-0.2, -0.15) is 0 Å². The van der Waals surface area contributed by atoms with Crippen molar-refractivity contribution >= 4 is 41.1 Å². The minimum Gasteiger partial charge on any atom is -0.507 e. The second-order valence-electron chi connectivity index (χ2n) is 37.3. The summed E-state index contributed by atoms with van der Waals surface area (Å²) in [4.78, 5) is 40.7. The molecule has 3 aliphatic heterocycles. The van der Waals surface area contributed by atoms with Crippen molar-refractivity contribution in [3.8, 4) is 137 Å². The zero-order valence-corrected chi connectivity index (χ0v) is 87.7. The summed E-state index contributed by atoms with van der Waals surface area (Å²) in [5.74, 6) is 9.12. The number of phenolic OH excluding ortho intramolecular Hbond substituents is 2. The van der Waals surface area contributed by atoms with Crippen LogP contribution in [-0.4, -0.2) is 180 Å². The van der Waals surface area contributed by atoms with Gasteiger partial charge in [-0.3, -0.25) is 14.4 Å². The lowest BCUT2D eigenvalue weighted by molar-refractivity contribution is 0.0682. The van der Waals surface area contributed by atoms with E-state index in [-0.39, 0.29) is 59.8 Å². The number of carbonyl (C=O) groups excluding carboxylic acids is 3. The minimum atomic E-state index is -0.451. The summed E-state index contributed by atoms with van der Waals surface area (Å²) in [7, 11) is 9.74. The molecule has 0 saturated carbocycles. The van der Waals surface area contributed by atoms with Crippen LogP contribution >= 0.6 is 24.0 Å². The molecule has 0 aliphatic carbocycles. The molecule has 16 aromatic rings. The molecule has 3 N–H and O–H groups in total. The number of ether oxygens (including phenoxy) is 10. The number of rotatable bonds is 33. The second kappa shape index (κ2) is 51.9. The minimum absolute atomic E-state index is 0. The first-order chi connectivity index (χ1) is 72.5. The Balaban J connectivity index is 0.000000161. The summed E-state index contributed by atoms with van der Waals surface area (Å²) < 4.78 is 64.7. The van der Waals surface area contributed by atoms with Crippen LogP contribution in [0.15, 0.2) is 285 Å². The SMILES string of the molecule is COc1ccc(C(=O)Cl)cc1.COc1ccc(C(=O)N2CCC(n3nnnc3-c3cc(-c4cc(C(C)C)ccc4OC)c(O)cc3O)CC2)cc1.COc1ccc(C(=O)N2CCC(n3nnnc3-c3cc(-c4cc(C(C)C)ccc4OC)c(OCc4ccccc4)cc3OCc3ccccc3)CC2)cc1.COc1ccc(C(C)C)cc1-c1cc(-c2nnnn2C2CCNCC2)c(OCc2ccccc2)cc1OCc1ccccc1.Cl. The number of carbonyl (C=O) groups is 3. The highest BCUT2D eigenvalue weighted by Crippen LogP contribution is 2.50. The van der Waals surface area contributed by atoms with Gasteiger partial charge in [0.05, 0.1) is 77.5 Å². The van der Waals surface area contributed by atoms with E-state index in [1.165, 1.54) is 17.2 Å². The largest absolute Gasteiger partial charge is 0.507 e. The molecular weight excluding hydrogens is 1940 g/mol. The maximum Gasteiger partial charge on any atom is 0.253 e. The number of nitrogens with one attached hydrogen (secondary N) is 1. The maximum atomic E-state index is 13.4. The van der Waals surface area contributed by atoms with Gasteiger partial charge < -0.3 is 72.7 Å². The van der Waals surface area contributed by atoms with E-state index in [1.807, 2.05) is 171 Å². The standard InChI is InChI=1S/C44H45N5O5.C36H39N5O3.C30H33N5O5.C8H7ClO2.ClH/c1-30(2)34-17-20-40(52-4)37(25-34)38-26-39(42(54-29-32-13-9-6-10-14-32)27-41(38)53-28-31-11-7-5-8-12-31)43-45-46-47-49(43)35-21-23-48(24-22-35)44(50)33-15-18-36(51-3)19-16-33;1-25(2)28-14-15-33(42-3)30(20-28)31-21-32(36-38-39-40-41(36)29-16-18-37-19-17-29)35(44-24-27-12-8-5-9-13-27)22-34(31)43-23-26-10-6-4-7-11-26;1-18(2)20-7-10-28(40-4)24(15-20)23-16-25(27(37)17-26(23)36)29-31-32-33-35(29)21-11-13-34(14-12-21)30(38)19-5-8-22(39-3)9-6-19;1-11-7-4-2-6(3-5-7)8(9)10;/h5-20,25-27,30,35H,21-24,28-29H2,1-4H3;4-15,20-22,25,29,37H,16-19,23-24H2,1-3H3;5-10,15-18,21,36-37H,11-14H2,1-4H3;2-5H,1H3;1H. The molecule has 0 bridgehead atoms. The third-order valence-corrected chi connectivity index (χ3v) is 27.0. The van der Waals surface area contributed by atoms with Gasteiger partial charge in [-0.05, 0) is 279 Å². The predicted octanol–water partition coefficient (Wildman–Crippen LogP) is 23.5. The van der Waals surface area contributed by atoms with Gasteiger partial charge in [0.2, 0.25) is 0 Å².